The number of urea groups is 1. The summed E-state index contributed by atoms with van der Waals surface area (Å²) in [6, 6.07) is 17.7. The van der Waals surface area contributed by atoms with Crippen LogP contribution in [0.25, 0.3) is 6.08 Å². The zero-order chi connectivity index (χ0) is 15.5. The van der Waals surface area contributed by atoms with Gasteiger partial charge >= 0.3 is 6.03 Å². The van der Waals surface area contributed by atoms with Crippen molar-refractivity contribution < 1.29 is 4.79 Å². The third-order valence-corrected chi connectivity index (χ3v) is 3.60. The Kier molecular flexibility index (Phi) is 3.74. The van der Waals surface area contributed by atoms with Crippen LogP contribution in [0.5, 0.6) is 0 Å². The fourth-order valence-electron chi connectivity index (χ4n) is 2.42. The summed E-state index contributed by atoms with van der Waals surface area (Å²) in [4.78, 5) is 13.9. The van der Waals surface area contributed by atoms with Gasteiger partial charge in [-0.05, 0) is 17.7 Å². The van der Waals surface area contributed by atoms with Crippen LogP contribution in [-0.4, -0.2) is 30.8 Å². The van der Waals surface area contributed by atoms with E-state index in [1.54, 1.807) is 19.0 Å². The highest BCUT2D eigenvalue weighted by Crippen LogP contribution is 2.25. The van der Waals surface area contributed by atoms with Gasteiger partial charge in [0, 0.05) is 19.7 Å². The summed E-state index contributed by atoms with van der Waals surface area (Å²) in [7, 11) is 3.43. The molecule has 2 aromatic carbocycles. The van der Waals surface area contributed by atoms with Crippen molar-refractivity contribution in [1.82, 2.24) is 5.01 Å². The molecule has 2 aromatic rings. The largest absolute Gasteiger partial charge is 0.344 e. The van der Waals surface area contributed by atoms with Crippen LogP contribution in [0.1, 0.15) is 11.1 Å². The van der Waals surface area contributed by atoms with E-state index < -0.39 is 0 Å². The van der Waals surface area contributed by atoms with Gasteiger partial charge < -0.3 is 0 Å². The number of hydrogen-bond donors (Lipinski definition) is 0. The van der Waals surface area contributed by atoms with E-state index in [0.29, 0.717) is 0 Å². The van der Waals surface area contributed by atoms with Crippen molar-refractivity contribution in [1.29, 1.82) is 0 Å². The molecule has 2 amide bonds. The van der Waals surface area contributed by atoms with E-state index in [1.807, 2.05) is 66.7 Å². The number of hydrogen-bond acceptors (Lipinski definition) is 2. The van der Waals surface area contributed by atoms with Crippen molar-refractivity contribution in [2.45, 2.75) is 0 Å². The third-order valence-electron chi connectivity index (χ3n) is 3.60. The van der Waals surface area contributed by atoms with E-state index in [4.69, 9.17) is 0 Å². The number of anilines is 1. The zero-order valence-corrected chi connectivity index (χ0v) is 12.6. The van der Waals surface area contributed by atoms with Gasteiger partial charge in [0.1, 0.15) is 0 Å². The van der Waals surface area contributed by atoms with Gasteiger partial charge in [0.15, 0.2) is 0 Å². The SMILES string of the molecule is CN1N=C(/C=C/c2ccccc2)c2ccccc2N(C)C1=O. The van der Waals surface area contributed by atoms with Gasteiger partial charge in [-0.1, -0.05) is 54.6 Å². The standard InChI is InChI=1S/C18H17N3O/c1-20-17-11-7-6-10-15(17)16(19-21(2)18(20)22)13-12-14-8-4-3-5-9-14/h3-13H,1-2H3/b13-12+. The van der Waals surface area contributed by atoms with Crippen LogP contribution in [0.2, 0.25) is 0 Å². The van der Waals surface area contributed by atoms with Gasteiger partial charge in [0.05, 0.1) is 11.4 Å². The molecular formula is C18H17N3O. The maximum atomic E-state index is 12.2. The van der Waals surface area contributed by atoms with Crippen molar-refractivity contribution in [2.75, 3.05) is 19.0 Å². The number of allylic oxidation sites excluding steroid dienone is 1. The van der Waals surface area contributed by atoms with Crippen LogP contribution < -0.4 is 4.90 Å². The number of amides is 2. The molecule has 0 saturated heterocycles. The van der Waals surface area contributed by atoms with E-state index in [0.717, 1.165) is 22.5 Å². The molecule has 3 rings (SSSR count). The van der Waals surface area contributed by atoms with E-state index in [2.05, 4.69) is 5.10 Å². The fraction of sp³-hybridized carbons (Fsp3) is 0.111. The second kappa shape index (κ2) is 5.85. The van der Waals surface area contributed by atoms with Gasteiger partial charge in [0.2, 0.25) is 0 Å². The number of para-hydroxylation sites is 1. The Bertz CT molecular complexity index is 750. The van der Waals surface area contributed by atoms with Crippen LogP contribution in [-0.2, 0) is 0 Å². The number of carbonyl (C=O) groups excluding carboxylic acids is 1. The first kappa shape index (κ1) is 14.1. The molecule has 0 aliphatic carbocycles. The Hall–Kier alpha value is -2.88. The quantitative estimate of drug-likeness (QED) is 0.832. The van der Waals surface area contributed by atoms with Gasteiger partial charge in [0.25, 0.3) is 0 Å². The highest BCUT2D eigenvalue weighted by molar-refractivity contribution is 6.17. The number of benzene rings is 2. The highest BCUT2D eigenvalue weighted by atomic mass is 16.2. The Morgan fingerprint density at radius 3 is 2.36 bits per heavy atom. The molecule has 1 aliphatic rings. The Morgan fingerprint density at radius 2 is 1.59 bits per heavy atom. The summed E-state index contributed by atoms with van der Waals surface area (Å²) in [6.07, 6.45) is 3.94. The summed E-state index contributed by atoms with van der Waals surface area (Å²) in [5, 5.41) is 5.80. The van der Waals surface area contributed by atoms with Crippen LogP contribution in [0, 0.1) is 0 Å². The zero-order valence-electron chi connectivity index (χ0n) is 12.6. The lowest BCUT2D eigenvalue weighted by atomic mass is 10.1. The lowest BCUT2D eigenvalue weighted by Crippen LogP contribution is -2.34. The smallest absolute Gasteiger partial charge is 0.295 e. The Balaban J connectivity index is 2.05. The first-order chi connectivity index (χ1) is 10.7. The number of carbonyl (C=O) groups is 1. The first-order valence-corrected chi connectivity index (χ1v) is 7.09. The minimum absolute atomic E-state index is 0.157. The highest BCUT2D eigenvalue weighted by Gasteiger charge is 2.23. The minimum atomic E-state index is -0.157. The molecule has 22 heavy (non-hydrogen) atoms. The van der Waals surface area contributed by atoms with Crippen LogP contribution >= 0.6 is 0 Å². The van der Waals surface area contributed by atoms with Crippen molar-refractivity contribution in [3.63, 3.8) is 0 Å². The van der Waals surface area contributed by atoms with Gasteiger partial charge in [-0.2, -0.15) is 5.10 Å². The predicted molar refractivity (Wildman–Crippen MR) is 90.0 cm³/mol. The predicted octanol–water partition coefficient (Wildman–Crippen LogP) is 3.61. The topological polar surface area (TPSA) is 35.9 Å². The lowest BCUT2D eigenvalue weighted by molar-refractivity contribution is 0.219. The summed E-state index contributed by atoms with van der Waals surface area (Å²) >= 11 is 0. The van der Waals surface area contributed by atoms with Crippen molar-refractivity contribution in [2.24, 2.45) is 5.10 Å². The summed E-state index contributed by atoms with van der Waals surface area (Å²) < 4.78 is 0. The van der Waals surface area contributed by atoms with Crippen LogP contribution in [0.4, 0.5) is 10.5 Å². The minimum Gasteiger partial charge on any atom is -0.295 e. The second-order valence-corrected chi connectivity index (χ2v) is 5.11. The fourth-order valence-corrected chi connectivity index (χ4v) is 2.42. The van der Waals surface area contributed by atoms with Gasteiger partial charge in [-0.15, -0.1) is 0 Å². The summed E-state index contributed by atoms with van der Waals surface area (Å²) in [5.41, 5.74) is 3.65. The lowest BCUT2D eigenvalue weighted by Gasteiger charge is -2.19. The molecule has 0 fully saturated rings. The van der Waals surface area contributed by atoms with E-state index in [-0.39, 0.29) is 6.03 Å². The second-order valence-electron chi connectivity index (χ2n) is 5.11. The molecular weight excluding hydrogens is 274 g/mol. The normalized spacial score (nSPS) is 14.8. The molecule has 4 nitrogen and oxygen atoms in total. The molecule has 0 atom stereocenters. The van der Waals surface area contributed by atoms with E-state index in [9.17, 15) is 4.79 Å². The molecule has 110 valence electrons. The molecule has 0 aromatic heterocycles. The first-order valence-electron chi connectivity index (χ1n) is 7.09. The number of nitrogens with zero attached hydrogens (tertiary/aromatic N) is 3. The molecule has 0 spiro atoms. The maximum absolute atomic E-state index is 12.2. The van der Waals surface area contributed by atoms with Crippen LogP contribution in [0.15, 0.2) is 65.8 Å². The van der Waals surface area contributed by atoms with Crippen molar-refractivity contribution in [3.05, 3.63) is 71.8 Å². The monoisotopic (exact) mass is 291 g/mol. The van der Waals surface area contributed by atoms with Crippen molar-refractivity contribution >= 4 is 23.5 Å². The number of fused-ring (bicyclic) bond motifs is 1. The van der Waals surface area contributed by atoms with E-state index >= 15 is 0 Å². The molecule has 0 unspecified atom stereocenters. The molecule has 1 aliphatic heterocycles. The molecule has 0 saturated carbocycles. The van der Waals surface area contributed by atoms with Crippen molar-refractivity contribution in [3.8, 4) is 0 Å². The number of hydrazone groups is 1. The summed E-state index contributed by atoms with van der Waals surface area (Å²) in [6.45, 7) is 0. The Morgan fingerprint density at radius 1 is 0.909 bits per heavy atom. The van der Waals surface area contributed by atoms with Crippen LogP contribution in [0.3, 0.4) is 0 Å². The third kappa shape index (κ3) is 2.63. The molecule has 1 heterocycles. The molecule has 0 bridgehead atoms. The van der Waals surface area contributed by atoms with E-state index in [1.165, 1.54) is 5.01 Å². The molecule has 0 radical (unpaired) electrons. The number of rotatable bonds is 2. The average Bonchev–Trinajstić information content (AvgIpc) is 2.65. The summed E-state index contributed by atoms with van der Waals surface area (Å²) in [5.74, 6) is 0. The van der Waals surface area contributed by atoms with Gasteiger partial charge in [-0.3, -0.25) is 4.90 Å². The average molecular weight is 291 g/mol. The maximum Gasteiger partial charge on any atom is 0.344 e. The van der Waals surface area contributed by atoms with Gasteiger partial charge in [-0.25, -0.2) is 9.80 Å². The Labute approximate surface area is 130 Å². The molecule has 0 N–H and O–H groups in total. The molecule has 4 heteroatoms.